The number of ether oxygens (including phenoxy) is 1. The third-order valence-corrected chi connectivity index (χ3v) is 4.88. The Bertz CT molecular complexity index is 762. The molecule has 1 saturated carbocycles. The van der Waals surface area contributed by atoms with Gasteiger partial charge in [-0.2, -0.15) is 8.78 Å². The predicted octanol–water partition coefficient (Wildman–Crippen LogP) is 6.53. The number of rotatable bonds is 4. The molecule has 0 bridgehead atoms. The maximum Gasteiger partial charge on any atom is 0.429 e. The summed E-state index contributed by atoms with van der Waals surface area (Å²) >= 11 is 0. The Morgan fingerprint density at radius 2 is 1.50 bits per heavy atom. The van der Waals surface area contributed by atoms with E-state index in [-0.39, 0.29) is 5.92 Å². The number of benzene rings is 2. The Morgan fingerprint density at radius 3 is 2.08 bits per heavy atom. The summed E-state index contributed by atoms with van der Waals surface area (Å²) in [4.78, 5) is 0. The van der Waals surface area contributed by atoms with Crippen LogP contribution in [0.25, 0.3) is 0 Å². The second-order valence-corrected chi connectivity index (χ2v) is 6.92. The van der Waals surface area contributed by atoms with Gasteiger partial charge >= 0.3 is 6.11 Å². The molecule has 3 rings (SSSR count). The molecule has 0 N–H and O–H groups in total. The lowest BCUT2D eigenvalue weighted by molar-refractivity contribution is -0.187. The zero-order valence-corrected chi connectivity index (χ0v) is 14.2. The van der Waals surface area contributed by atoms with Gasteiger partial charge < -0.3 is 4.74 Å². The molecular weight excluding hydrogens is 351 g/mol. The average Bonchev–Trinajstić information content (AvgIpc) is 2.53. The minimum Gasteiger partial charge on any atom is -0.429 e. The third kappa shape index (κ3) is 4.17. The van der Waals surface area contributed by atoms with Crippen LogP contribution in [0.1, 0.15) is 49.7 Å². The summed E-state index contributed by atoms with van der Waals surface area (Å²) in [7, 11) is 0. The van der Waals surface area contributed by atoms with E-state index >= 15 is 0 Å². The van der Waals surface area contributed by atoms with Gasteiger partial charge in [-0.1, -0.05) is 25.8 Å². The zero-order valence-electron chi connectivity index (χ0n) is 14.2. The van der Waals surface area contributed by atoms with Crippen molar-refractivity contribution in [2.24, 2.45) is 5.92 Å². The maximum atomic E-state index is 14.3. The molecule has 0 amide bonds. The highest BCUT2D eigenvalue weighted by molar-refractivity contribution is 5.31. The molecule has 1 fully saturated rings. The fourth-order valence-corrected chi connectivity index (χ4v) is 3.41. The zero-order chi connectivity index (χ0) is 18.9. The summed E-state index contributed by atoms with van der Waals surface area (Å²) in [6, 6.07) is 5.34. The molecule has 1 aliphatic carbocycles. The highest BCUT2D eigenvalue weighted by Gasteiger charge is 2.38. The standard InChI is InChI=1S/C20H19F5O/c1-12-2-4-13(5-3-12)14-6-7-18(19(23)8-14)20(24,25)26-17-10-15(21)9-16(22)11-17/h6-13H,2-5H2,1H3. The van der Waals surface area contributed by atoms with E-state index in [1.165, 1.54) is 6.07 Å². The predicted molar refractivity (Wildman–Crippen MR) is 87.7 cm³/mol. The van der Waals surface area contributed by atoms with Crippen molar-refractivity contribution in [3.63, 3.8) is 0 Å². The van der Waals surface area contributed by atoms with E-state index in [0.29, 0.717) is 29.7 Å². The van der Waals surface area contributed by atoms with Crippen molar-refractivity contribution in [3.8, 4) is 5.75 Å². The lowest BCUT2D eigenvalue weighted by Gasteiger charge is -2.27. The second-order valence-electron chi connectivity index (χ2n) is 6.92. The van der Waals surface area contributed by atoms with Crippen molar-refractivity contribution < 1.29 is 26.7 Å². The highest BCUT2D eigenvalue weighted by Crippen LogP contribution is 2.38. The SMILES string of the molecule is CC1CCC(c2ccc(C(F)(F)Oc3cc(F)cc(F)c3)c(F)c2)CC1. The van der Waals surface area contributed by atoms with Gasteiger partial charge in [-0.25, -0.2) is 13.2 Å². The topological polar surface area (TPSA) is 9.23 Å². The Labute approximate surface area is 148 Å². The summed E-state index contributed by atoms with van der Waals surface area (Å²) in [5, 5.41) is 0. The molecular formula is C20H19F5O. The first-order chi connectivity index (χ1) is 12.2. The Hall–Kier alpha value is -2.11. The van der Waals surface area contributed by atoms with Crippen LogP contribution in [-0.4, -0.2) is 0 Å². The lowest BCUT2D eigenvalue weighted by atomic mass is 9.79. The molecule has 0 heterocycles. The first-order valence-corrected chi connectivity index (χ1v) is 8.57. The molecule has 6 heteroatoms. The van der Waals surface area contributed by atoms with Crippen LogP contribution < -0.4 is 4.74 Å². The number of hydrogen-bond acceptors (Lipinski definition) is 1. The summed E-state index contributed by atoms with van der Waals surface area (Å²) in [6.45, 7) is 2.16. The van der Waals surface area contributed by atoms with Crippen molar-refractivity contribution in [1.82, 2.24) is 0 Å². The monoisotopic (exact) mass is 370 g/mol. The summed E-state index contributed by atoms with van der Waals surface area (Å²) < 4.78 is 73.5. The summed E-state index contributed by atoms with van der Waals surface area (Å²) in [5.41, 5.74) is -0.277. The van der Waals surface area contributed by atoms with Crippen molar-refractivity contribution >= 4 is 0 Å². The molecule has 1 nitrogen and oxygen atoms in total. The molecule has 2 aromatic rings. The van der Waals surface area contributed by atoms with Gasteiger partial charge in [0.1, 0.15) is 23.2 Å². The van der Waals surface area contributed by atoms with Crippen molar-refractivity contribution in [2.75, 3.05) is 0 Å². The third-order valence-electron chi connectivity index (χ3n) is 4.88. The van der Waals surface area contributed by atoms with Crippen LogP contribution in [0.5, 0.6) is 5.75 Å². The lowest BCUT2D eigenvalue weighted by Crippen LogP contribution is -2.24. The minimum atomic E-state index is -4.05. The van der Waals surface area contributed by atoms with E-state index in [4.69, 9.17) is 0 Å². The fraction of sp³-hybridized carbons (Fsp3) is 0.400. The van der Waals surface area contributed by atoms with Gasteiger partial charge in [0.15, 0.2) is 0 Å². The smallest absolute Gasteiger partial charge is 0.429 e. The van der Waals surface area contributed by atoms with Gasteiger partial charge in [-0.05, 0) is 42.4 Å². The molecule has 0 spiro atoms. The maximum absolute atomic E-state index is 14.3. The normalized spacial score (nSPS) is 20.8. The molecule has 1 aliphatic rings. The van der Waals surface area contributed by atoms with Crippen LogP contribution in [0.4, 0.5) is 22.0 Å². The number of halogens is 5. The molecule has 0 radical (unpaired) electrons. The molecule has 0 atom stereocenters. The summed E-state index contributed by atoms with van der Waals surface area (Å²) in [6.07, 6.45) is -0.203. The summed E-state index contributed by atoms with van der Waals surface area (Å²) in [5.74, 6) is -3.14. The van der Waals surface area contributed by atoms with Crippen LogP contribution in [-0.2, 0) is 6.11 Å². The molecule has 0 unspecified atom stereocenters. The van der Waals surface area contributed by atoms with Gasteiger partial charge in [0, 0.05) is 18.2 Å². The van der Waals surface area contributed by atoms with E-state index < -0.39 is 34.9 Å². The fourth-order valence-electron chi connectivity index (χ4n) is 3.41. The second kappa shape index (κ2) is 7.25. The van der Waals surface area contributed by atoms with E-state index in [0.717, 1.165) is 37.8 Å². The van der Waals surface area contributed by atoms with Crippen molar-refractivity contribution in [3.05, 3.63) is 65.0 Å². The largest absolute Gasteiger partial charge is 0.429 e. The average molecular weight is 370 g/mol. The first-order valence-electron chi connectivity index (χ1n) is 8.57. The Kier molecular flexibility index (Phi) is 5.21. The van der Waals surface area contributed by atoms with Crippen LogP contribution in [0, 0.1) is 23.4 Å². The molecule has 0 aliphatic heterocycles. The van der Waals surface area contributed by atoms with Crippen molar-refractivity contribution in [1.29, 1.82) is 0 Å². The van der Waals surface area contributed by atoms with Crippen LogP contribution in [0.15, 0.2) is 36.4 Å². The van der Waals surface area contributed by atoms with Gasteiger partial charge in [-0.3, -0.25) is 0 Å². The molecule has 0 saturated heterocycles. The number of hydrogen-bond donors (Lipinski definition) is 0. The molecule has 140 valence electrons. The Morgan fingerprint density at radius 1 is 0.885 bits per heavy atom. The minimum absolute atomic E-state index is 0.154. The van der Waals surface area contributed by atoms with Gasteiger partial charge in [0.05, 0.1) is 5.56 Å². The van der Waals surface area contributed by atoms with Gasteiger partial charge in [0.2, 0.25) is 0 Å². The van der Waals surface area contributed by atoms with E-state index in [1.54, 1.807) is 0 Å². The van der Waals surface area contributed by atoms with E-state index in [1.807, 2.05) is 0 Å². The van der Waals surface area contributed by atoms with Crippen LogP contribution in [0.2, 0.25) is 0 Å². The van der Waals surface area contributed by atoms with Crippen LogP contribution >= 0.6 is 0 Å². The van der Waals surface area contributed by atoms with Crippen molar-refractivity contribution in [2.45, 2.75) is 44.6 Å². The first kappa shape index (κ1) is 18.7. The molecule has 26 heavy (non-hydrogen) atoms. The molecule has 0 aromatic heterocycles. The highest BCUT2D eigenvalue weighted by atomic mass is 19.3. The van der Waals surface area contributed by atoms with E-state index in [2.05, 4.69) is 11.7 Å². The number of alkyl halides is 2. The quantitative estimate of drug-likeness (QED) is 0.556. The Balaban J connectivity index is 1.81. The van der Waals surface area contributed by atoms with Crippen LogP contribution in [0.3, 0.4) is 0 Å². The molecule has 2 aromatic carbocycles. The van der Waals surface area contributed by atoms with Gasteiger partial charge in [0.25, 0.3) is 0 Å². The van der Waals surface area contributed by atoms with E-state index in [9.17, 15) is 22.0 Å². The van der Waals surface area contributed by atoms with Gasteiger partial charge in [-0.15, -0.1) is 0 Å².